The molecule has 0 aliphatic carbocycles. The van der Waals surface area contributed by atoms with Crippen molar-refractivity contribution >= 4 is 16.2 Å². The van der Waals surface area contributed by atoms with Gasteiger partial charge in [0.2, 0.25) is 0 Å². The van der Waals surface area contributed by atoms with Crippen LogP contribution in [0.15, 0.2) is 52.5 Å². The van der Waals surface area contributed by atoms with Crippen molar-refractivity contribution in [3.63, 3.8) is 0 Å². The molecular weight excluding hydrogens is 327 g/mol. The summed E-state index contributed by atoms with van der Waals surface area (Å²) in [6.45, 7) is 7.76. The molecule has 0 aliphatic rings. The van der Waals surface area contributed by atoms with Crippen molar-refractivity contribution in [2.75, 3.05) is 0 Å². The number of hydrogen-bond acceptors (Lipinski definition) is 3. The summed E-state index contributed by atoms with van der Waals surface area (Å²) in [6.07, 6.45) is 1.15. The third kappa shape index (κ3) is 4.20. The molecule has 0 heterocycles. The third-order valence-corrected chi connectivity index (χ3v) is 4.99. The predicted molar refractivity (Wildman–Crippen MR) is 94.2 cm³/mol. The normalized spacial score (nSPS) is 12.5. The van der Waals surface area contributed by atoms with Crippen LogP contribution in [0.3, 0.4) is 0 Å². The van der Waals surface area contributed by atoms with E-state index in [-0.39, 0.29) is 15.9 Å². The van der Waals surface area contributed by atoms with Crippen LogP contribution in [0.1, 0.15) is 37.5 Å². The largest absolute Gasteiger partial charge is 0.276 e. The quantitative estimate of drug-likeness (QED) is 0.676. The SMILES string of the molecule is Cc1ccc(C(C)(C)C)cc1S(=O)(=O)N/N=C/c1ccccc1F. The average molecular weight is 348 g/mol. The lowest BCUT2D eigenvalue weighted by atomic mass is 9.87. The fourth-order valence-electron chi connectivity index (χ4n) is 2.15. The highest BCUT2D eigenvalue weighted by molar-refractivity contribution is 7.89. The smallest absolute Gasteiger partial charge is 0.206 e. The Kier molecular flexibility index (Phi) is 5.08. The zero-order valence-electron chi connectivity index (χ0n) is 14.2. The lowest BCUT2D eigenvalue weighted by Crippen LogP contribution is -2.21. The monoisotopic (exact) mass is 348 g/mol. The number of nitrogens with one attached hydrogen (secondary N) is 1. The molecule has 4 nitrogen and oxygen atoms in total. The Hall–Kier alpha value is -2.21. The molecular formula is C18H21FN2O2S. The lowest BCUT2D eigenvalue weighted by Gasteiger charge is -2.20. The van der Waals surface area contributed by atoms with E-state index in [9.17, 15) is 12.8 Å². The predicted octanol–water partition coefficient (Wildman–Crippen LogP) is 3.74. The van der Waals surface area contributed by atoms with Crippen LogP contribution in [-0.4, -0.2) is 14.6 Å². The maximum absolute atomic E-state index is 13.5. The number of hydrazone groups is 1. The molecule has 0 amide bonds. The maximum Gasteiger partial charge on any atom is 0.276 e. The van der Waals surface area contributed by atoms with Crippen LogP contribution in [0.4, 0.5) is 4.39 Å². The van der Waals surface area contributed by atoms with Gasteiger partial charge in [-0.15, -0.1) is 0 Å². The highest BCUT2D eigenvalue weighted by Crippen LogP contribution is 2.26. The zero-order chi connectivity index (χ0) is 18.0. The van der Waals surface area contributed by atoms with E-state index in [0.29, 0.717) is 5.56 Å². The van der Waals surface area contributed by atoms with Gasteiger partial charge in [-0.05, 0) is 35.6 Å². The Bertz CT molecular complexity index is 869. The fourth-order valence-corrected chi connectivity index (χ4v) is 3.21. The van der Waals surface area contributed by atoms with Crippen LogP contribution in [0.2, 0.25) is 0 Å². The molecule has 0 atom stereocenters. The summed E-state index contributed by atoms with van der Waals surface area (Å²) in [4.78, 5) is 2.31. The molecule has 2 aromatic carbocycles. The molecule has 2 aromatic rings. The molecule has 0 spiro atoms. The number of benzene rings is 2. The first-order valence-corrected chi connectivity index (χ1v) is 9.00. The summed E-state index contributed by atoms with van der Waals surface area (Å²) in [7, 11) is -3.83. The highest BCUT2D eigenvalue weighted by atomic mass is 32.2. The van der Waals surface area contributed by atoms with Crippen molar-refractivity contribution in [2.45, 2.75) is 38.0 Å². The molecule has 1 N–H and O–H groups in total. The number of halogens is 1. The second kappa shape index (κ2) is 6.73. The summed E-state index contributed by atoms with van der Waals surface area (Å²) >= 11 is 0. The van der Waals surface area contributed by atoms with Crippen LogP contribution in [0, 0.1) is 12.7 Å². The number of nitrogens with zero attached hydrogens (tertiary/aromatic N) is 1. The van der Waals surface area contributed by atoms with E-state index < -0.39 is 15.8 Å². The number of aryl methyl sites for hydroxylation is 1. The van der Waals surface area contributed by atoms with Gasteiger partial charge in [0, 0.05) is 5.56 Å². The van der Waals surface area contributed by atoms with E-state index in [1.54, 1.807) is 31.2 Å². The fraction of sp³-hybridized carbons (Fsp3) is 0.278. The Morgan fingerprint density at radius 2 is 1.79 bits per heavy atom. The summed E-state index contributed by atoms with van der Waals surface area (Å²) in [5.41, 5.74) is 1.57. The summed E-state index contributed by atoms with van der Waals surface area (Å²) in [5.74, 6) is -0.466. The van der Waals surface area contributed by atoms with Crippen molar-refractivity contribution < 1.29 is 12.8 Å². The second-order valence-electron chi connectivity index (χ2n) is 6.60. The number of rotatable bonds is 4. The van der Waals surface area contributed by atoms with Gasteiger partial charge in [0.25, 0.3) is 10.0 Å². The molecule has 0 radical (unpaired) electrons. The van der Waals surface area contributed by atoms with Crippen molar-refractivity contribution in [1.29, 1.82) is 0 Å². The number of sulfonamides is 1. The van der Waals surface area contributed by atoms with Crippen LogP contribution in [0.5, 0.6) is 0 Å². The number of hydrogen-bond donors (Lipinski definition) is 1. The van der Waals surface area contributed by atoms with Gasteiger partial charge in [-0.3, -0.25) is 0 Å². The van der Waals surface area contributed by atoms with Crippen molar-refractivity contribution in [2.24, 2.45) is 5.10 Å². The van der Waals surface area contributed by atoms with E-state index in [2.05, 4.69) is 9.93 Å². The maximum atomic E-state index is 13.5. The van der Waals surface area contributed by atoms with E-state index in [0.717, 1.165) is 11.8 Å². The van der Waals surface area contributed by atoms with Crippen LogP contribution < -0.4 is 4.83 Å². The first kappa shape index (κ1) is 18.1. The third-order valence-electron chi connectivity index (χ3n) is 3.63. The Labute approximate surface area is 142 Å². The van der Waals surface area contributed by atoms with Crippen molar-refractivity contribution in [1.82, 2.24) is 4.83 Å². The Balaban J connectivity index is 2.29. The first-order valence-electron chi connectivity index (χ1n) is 7.52. The summed E-state index contributed by atoms with van der Waals surface area (Å²) < 4.78 is 38.5. The minimum atomic E-state index is -3.83. The van der Waals surface area contributed by atoms with Crippen LogP contribution in [0.25, 0.3) is 0 Å². The van der Waals surface area contributed by atoms with Gasteiger partial charge < -0.3 is 0 Å². The molecule has 24 heavy (non-hydrogen) atoms. The van der Waals surface area contributed by atoms with Crippen molar-refractivity contribution in [3.8, 4) is 0 Å². The van der Waals surface area contributed by atoms with E-state index in [1.807, 2.05) is 26.8 Å². The molecule has 0 saturated heterocycles. The van der Waals surface area contributed by atoms with Gasteiger partial charge in [0.05, 0.1) is 11.1 Å². The summed E-state index contributed by atoms with van der Waals surface area (Å²) in [5, 5.41) is 3.68. The van der Waals surface area contributed by atoms with Crippen LogP contribution >= 0.6 is 0 Å². The van der Waals surface area contributed by atoms with Gasteiger partial charge in [0.1, 0.15) is 5.82 Å². The molecule has 0 unspecified atom stereocenters. The van der Waals surface area contributed by atoms with Gasteiger partial charge in [-0.25, -0.2) is 9.22 Å². The van der Waals surface area contributed by atoms with Gasteiger partial charge >= 0.3 is 0 Å². The topological polar surface area (TPSA) is 58.5 Å². The average Bonchev–Trinajstić information content (AvgIpc) is 2.48. The molecule has 0 bridgehead atoms. The molecule has 0 aliphatic heterocycles. The molecule has 2 rings (SSSR count). The highest BCUT2D eigenvalue weighted by Gasteiger charge is 2.21. The van der Waals surface area contributed by atoms with Crippen molar-refractivity contribution in [3.05, 3.63) is 65.0 Å². The van der Waals surface area contributed by atoms with Crippen LogP contribution in [-0.2, 0) is 15.4 Å². The van der Waals surface area contributed by atoms with E-state index in [4.69, 9.17) is 0 Å². The standard InChI is InChI=1S/C18H21FN2O2S/c1-13-9-10-15(18(2,3)4)11-17(13)24(22,23)21-20-12-14-7-5-6-8-16(14)19/h5-12,21H,1-4H3/b20-12+. The molecule has 128 valence electrons. The second-order valence-corrected chi connectivity index (χ2v) is 8.23. The molecule has 0 aromatic heterocycles. The summed E-state index contributed by atoms with van der Waals surface area (Å²) in [6, 6.07) is 11.3. The molecule has 0 fully saturated rings. The zero-order valence-corrected chi connectivity index (χ0v) is 15.0. The first-order chi connectivity index (χ1) is 11.1. The van der Waals surface area contributed by atoms with E-state index >= 15 is 0 Å². The van der Waals surface area contributed by atoms with Gasteiger partial charge in [0.15, 0.2) is 0 Å². The van der Waals surface area contributed by atoms with Gasteiger partial charge in [-0.1, -0.05) is 51.1 Å². The minimum absolute atomic E-state index is 0.167. The van der Waals surface area contributed by atoms with E-state index in [1.165, 1.54) is 12.1 Å². The molecule has 0 saturated carbocycles. The van der Waals surface area contributed by atoms with Gasteiger partial charge in [-0.2, -0.15) is 13.5 Å². The lowest BCUT2D eigenvalue weighted by molar-refractivity contribution is 0.577. The Morgan fingerprint density at radius 3 is 2.42 bits per heavy atom. The molecule has 6 heteroatoms. The Morgan fingerprint density at radius 1 is 1.12 bits per heavy atom. The minimum Gasteiger partial charge on any atom is -0.206 e.